The second kappa shape index (κ2) is 7.46. The van der Waals surface area contributed by atoms with Crippen molar-refractivity contribution in [1.29, 1.82) is 0 Å². The van der Waals surface area contributed by atoms with E-state index in [-0.39, 0.29) is 16.0 Å². The Labute approximate surface area is 156 Å². The molecule has 1 aromatic heterocycles. The summed E-state index contributed by atoms with van der Waals surface area (Å²) in [5, 5.41) is 1.70. The molecular formula is C17H19N3O4S2. The predicted octanol–water partition coefficient (Wildman–Crippen LogP) is 1.85. The summed E-state index contributed by atoms with van der Waals surface area (Å²) in [5.41, 5.74) is 0.886. The number of benzene rings is 1. The SMILES string of the molecule is CC(=O)N1CCN(C(=O)c2ccc(NS(=O)(=O)c3cccs3)cc2)CC1. The van der Waals surface area contributed by atoms with Gasteiger partial charge in [0.2, 0.25) is 5.91 Å². The average molecular weight is 393 g/mol. The van der Waals surface area contributed by atoms with Gasteiger partial charge >= 0.3 is 0 Å². The van der Waals surface area contributed by atoms with E-state index >= 15 is 0 Å². The van der Waals surface area contributed by atoms with Crippen molar-refractivity contribution in [3.8, 4) is 0 Å². The highest BCUT2D eigenvalue weighted by Gasteiger charge is 2.23. The standard InChI is InChI=1S/C17H19N3O4S2/c1-13(21)19-8-10-20(11-9-19)17(22)14-4-6-15(7-5-14)18-26(23,24)16-3-2-12-25-16/h2-7,12,18H,8-11H2,1H3. The number of carbonyl (C=O) groups excluding carboxylic acids is 2. The summed E-state index contributed by atoms with van der Waals surface area (Å²) < 4.78 is 27.1. The van der Waals surface area contributed by atoms with Gasteiger partial charge in [-0.1, -0.05) is 6.07 Å². The minimum atomic E-state index is -3.60. The van der Waals surface area contributed by atoms with Crippen LogP contribution in [0, 0.1) is 0 Å². The number of nitrogens with one attached hydrogen (secondary N) is 1. The Morgan fingerprint density at radius 1 is 1.00 bits per heavy atom. The van der Waals surface area contributed by atoms with Crippen molar-refractivity contribution in [3.63, 3.8) is 0 Å². The first kappa shape index (κ1) is 18.4. The lowest BCUT2D eigenvalue weighted by molar-refractivity contribution is -0.130. The van der Waals surface area contributed by atoms with Gasteiger partial charge in [-0.2, -0.15) is 0 Å². The molecule has 26 heavy (non-hydrogen) atoms. The van der Waals surface area contributed by atoms with Crippen molar-refractivity contribution in [3.05, 3.63) is 47.3 Å². The molecule has 0 radical (unpaired) electrons. The highest BCUT2D eigenvalue weighted by Crippen LogP contribution is 2.21. The summed E-state index contributed by atoms with van der Waals surface area (Å²) in [7, 11) is -3.60. The van der Waals surface area contributed by atoms with Crippen LogP contribution in [0.1, 0.15) is 17.3 Å². The van der Waals surface area contributed by atoms with Crippen LogP contribution in [0.4, 0.5) is 5.69 Å². The Kier molecular flexibility index (Phi) is 5.28. The van der Waals surface area contributed by atoms with Gasteiger partial charge in [-0.3, -0.25) is 14.3 Å². The van der Waals surface area contributed by atoms with Gasteiger partial charge in [0.05, 0.1) is 0 Å². The summed E-state index contributed by atoms with van der Waals surface area (Å²) in [6.07, 6.45) is 0. The molecule has 1 aromatic carbocycles. The zero-order valence-corrected chi connectivity index (χ0v) is 15.8. The van der Waals surface area contributed by atoms with Gasteiger partial charge in [-0.15, -0.1) is 11.3 Å². The van der Waals surface area contributed by atoms with Crippen LogP contribution < -0.4 is 4.72 Å². The molecule has 7 nitrogen and oxygen atoms in total. The summed E-state index contributed by atoms with van der Waals surface area (Å²) in [5.74, 6) is -0.111. The Morgan fingerprint density at radius 2 is 1.62 bits per heavy atom. The lowest BCUT2D eigenvalue weighted by atomic mass is 10.1. The molecule has 0 saturated carbocycles. The monoisotopic (exact) mass is 393 g/mol. The molecule has 0 unspecified atom stereocenters. The van der Waals surface area contributed by atoms with Crippen LogP contribution in [-0.2, 0) is 14.8 Å². The normalized spacial score (nSPS) is 15.0. The Hall–Kier alpha value is -2.39. The van der Waals surface area contributed by atoms with Crippen molar-refractivity contribution in [2.45, 2.75) is 11.1 Å². The largest absolute Gasteiger partial charge is 0.339 e. The van der Waals surface area contributed by atoms with Gasteiger partial charge in [-0.25, -0.2) is 8.42 Å². The molecule has 1 aliphatic heterocycles. The molecular weight excluding hydrogens is 374 g/mol. The van der Waals surface area contributed by atoms with E-state index in [4.69, 9.17) is 0 Å². The van der Waals surface area contributed by atoms with E-state index in [9.17, 15) is 18.0 Å². The van der Waals surface area contributed by atoms with Crippen LogP contribution in [0.5, 0.6) is 0 Å². The quantitative estimate of drug-likeness (QED) is 0.859. The van der Waals surface area contributed by atoms with Crippen LogP contribution in [0.15, 0.2) is 46.0 Å². The topological polar surface area (TPSA) is 86.8 Å². The van der Waals surface area contributed by atoms with Crippen molar-refractivity contribution in [1.82, 2.24) is 9.80 Å². The number of sulfonamides is 1. The zero-order valence-electron chi connectivity index (χ0n) is 14.2. The summed E-state index contributed by atoms with van der Waals surface area (Å²) in [4.78, 5) is 27.3. The van der Waals surface area contributed by atoms with Crippen LogP contribution in [0.2, 0.25) is 0 Å². The molecule has 138 valence electrons. The second-order valence-corrected chi connectivity index (χ2v) is 8.77. The van der Waals surface area contributed by atoms with Gasteiger partial charge in [0.15, 0.2) is 0 Å². The molecule has 0 spiro atoms. The van der Waals surface area contributed by atoms with E-state index < -0.39 is 10.0 Å². The predicted molar refractivity (Wildman–Crippen MR) is 99.7 cm³/mol. The number of rotatable bonds is 4. The molecule has 0 aliphatic carbocycles. The second-order valence-electron chi connectivity index (χ2n) is 5.91. The molecule has 1 fully saturated rings. The fourth-order valence-electron chi connectivity index (χ4n) is 2.71. The van der Waals surface area contributed by atoms with Gasteiger partial charge in [0.25, 0.3) is 15.9 Å². The third-order valence-electron chi connectivity index (χ3n) is 4.16. The summed E-state index contributed by atoms with van der Waals surface area (Å²) in [6, 6.07) is 9.56. The molecule has 2 heterocycles. The molecule has 1 N–H and O–H groups in total. The van der Waals surface area contributed by atoms with Crippen LogP contribution in [0.25, 0.3) is 0 Å². The maximum atomic E-state index is 12.5. The fourth-order valence-corrected chi connectivity index (χ4v) is 4.76. The average Bonchev–Trinajstić information content (AvgIpc) is 3.17. The van der Waals surface area contributed by atoms with E-state index in [0.29, 0.717) is 37.4 Å². The lowest BCUT2D eigenvalue weighted by Gasteiger charge is -2.34. The molecule has 2 amide bonds. The Morgan fingerprint density at radius 3 is 2.15 bits per heavy atom. The third-order valence-corrected chi connectivity index (χ3v) is 6.93. The van der Waals surface area contributed by atoms with Gasteiger partial charge in [-0.05, 0) is 35.7 Å². The maximum absolute atomic E-state index is 12.5. The van der Waals surface area contributed by atoms with E-state index in [2.05, 4.69) is 4.72 Å². The minimum Gasteiger partial charge on any atom is -0.339 e. The molecule has 9 heteroatoms. The molecule has 1 saturated heterocycles. The van der Waals surface area contributed by atoms with E-state index in [1.807, 2.05) is 0 Å². The Balaban J connectivity index is 1.64. The van der Waals surface area contributed by atoms with E-state index in [0.717, 1.165) is 11.3 Å². The number of anilines is 1. The number of hydrogen-bond donors (Lipinski definition) is 1. The maximum Gasteiger partial charge on any atom is 0.271 e. The zero-order chi connectivity index (χ0) is 18.7. The molecule has 0 atom stereocenters. The number of carbonyl (C=O) groups is 2. The molecule has 1 aliphatic rings. The van der Waals surface area contributed by atoms with Crippen molar-refractivity contribution in [2.75, 3.05) is 30.9 Å². The first-order valence-electron chi connectivity index (χ1n) is 8.08. The van der Waals surface area contributed by atoms with Crippen LogP contribution >= 0.6 is 11.3 Å². The van der Waals surface area contributed by atoms with Gasteiger partial charge in [0, 0.05) is 44.4 Å². The summed E-state index contributed by atoms with van der Waals surface area (Å²) in [6.45, 7) is 3.56. The number of nitrogens with zero attached hydrogens (tertiary/aromatic N) is 2. The Bertz CT molecular complexity index is 885. The molecule has 0 bridgehead atoms. The van der Waals surface area contributed by atoms with Crippen LogP contribution in [0.3, 0.4) is 0 Å². The number of amides is 2. The number of hydrogen-bond acceptors (Lipinski definition) is 5. The van der Waals surface area contributed by atoms with Crippen molar-refractivity contribution >= 4 is 38.9 Å². The van der Waals surface area contributed by atoms with Crippen LogP contribution in [-0.4, -0.2) is 56.2 Å². The summed E-state index contributed by atoms with van der Waals surface area (Å²) >= 11 is 1.14. The van der Waals surface area contributed by atoms with E-state index in [1.165, 1.54) is 13.0 Å². The molecule has 3 rings (SSSR count). The first-order valence-corrected chi connectivity index (χ1v) is 10.4. The lowest BCUT2D eigenvalue weighted by Crippen LogP contribution is -2.50. The smallest absolute Gasteiger partial charge is 0.271 e. The number of thiophene rings is 1. The first-order chi connectivity index (χ1) is 12.4. The number of piperazine rings is 1. The van der Waals surface area contributed by atoms with E-state index in [1.54, 1.807) is 45.5 Å². The fraction of sp³-hybridized carbons (Fsp3) is 0.294. The molecule has 2 aromatic rings. The van der Waals surface area contributed by atoms with Crippen molar-refractivity contribution in [2.24, 2.45) is 0 Å². The highest BCUT2D eigenvalue weighted by atomic mass is 32.2. The van der Waals surface area contributed by atoms with Gasteiger partial charge in [0.1, 0.15) is 4.21 Å². The third kappa shape index (κ3) is 4.05. The van der Waals surface area contributed by atoms with Gasteiger partial charge < -0.3 is 9.80 Å². The minimum absolute atomic E-state index is 0.0134. The van der Waals surface area contributed by atoms with Crippen molar-refractivity contribution < 1.29 is 18.0 Å². The highest BCUT2D eigenvalue weighted by molar-refractivity contribution is 7.94.